The highest BCUT2D eigenvalue weighted by molar-refractivity contribution is 7.11. The van der Waals surface area contributed by atoms with E-state index in [1.165, 1.54) is 54.6 Å². The van der Waals surface area contributed by atoms with Gasteiger partial charge in [-0.25, -0.2) is 4.98 Å². The summed E-state index contributed by atoms with van der Waals surface area (Å²) in [6.07, 6.45) is 3.72. The summed E-state index contributed by atoms with van der Waals surface area (Å²) in [5.74, 6) is 0.729. The molecule has 106 valence electrons. The minimum atomic E-state index is 0.665. The van der Waals surface area contributed by atoms with Gasteiger partial charge in [0, 0.05) is 56.5 Å². The summed E-state index contributed by atoms with van der Waals surface area (Å²) in [4.78, 5) is 11.1. The molecule has 1 aliphatic carbocycles. The minimum Gasteiger partial charge on any atom is -0.326 e. The van der Waals surface area contributed by atoms with Crippen molar-refractivity contribution >= 4 is 11.3 Å². The summed E-state index contributed by atoms with van der Waals surface area (Å²) in [6, 6.07) is 0. The van der Waals surface area contributed by atoms with Crippen LogP contribution in [0.2, 0.25) is 0 Å². The van der Waals surface area contributed by atoms with Gasteiger partial charge in [0.05, 0.1) is 10.7 Å². The number of rotatable bonds is 5. The molecule has 1 aromatic heterocycles. The molecule has 1 saturated heterocycles. The van der Waals surface area contributed by atoms with Gasteiger partial charge in [0.15, 0.2) is 0 Å². The number of piperazine rings is 1. The maximum absolute atomic E-state index is 5.84. The number of thiazole rings is 1. The molecular weight excluding hydrogens is 256 g/mol. The Labute approximate surface area is 119 Å². The topological polar surface area (TPSA) is 45.4 Å². The van der Waals surface area contributed by atoms with E-state index in [1.54, 1.807) is 0 Å². The maximum atomic E-state index is 5.84. The fourth-order valence-corrected chi connectivity index (χ4v) is 3.69. The van der Waals surface area contributed by atoms with E-state index in [0.29, 0.717) is 6.54 Å². The van der Waals surface area contributed by atoms with Crippen LogP contribution in [-0.4, -0.2) is 54.6 Å². The lowest BCUT2D eigenvalue weighted by Crippen LogP contribution is -2.45. The van der Waals surface area contributed by atoms with E-state index in [-0.39, 0.29) is 0 Å². The number of hydrogen-bond acceptors (Lipinski definition) is 5. The number of aromatic nitrogens is 1. The zero-order valence-corrected chi connectivity index (χ0v) is 12.6. The lowest BCUT2D eigenvalue weighted by atomic mass is 10.2. The predicted octanol–water partition coefficient (Wildman–Crippen LogP) is 1.27. The van der Waals surface area contributed by atoms with Crippen molar-refractivity contribution in [3.63, 3.8) is 0 Å². The van der Waals surface area contributed by atoms with Gasteiger partial charge in [-0.2, -0.15) is 0 Å². The number of nitrogens with two attached hydrogens (primary N) is 1. The quantitative estimate of drug-likeness (QED) is 0.882. The van der Waals surface area contributed by atoms with E-state index >= 15 is 0 Å². The van der Waals surface area contributed by atoms with E-state index in [2.05, 4.69) is 16.8 Å². The van der Waals surface area contributed by atoms with Gasteiger partial charge in [0.2, 0.25) is 0 Å². The van der Waals surface area contributed by atoms with Gasteiger partial charge in [0.25, 0.3) is 0 Å². The van der Waals surface area contributed by atoms with Gasteiger partial charge in [-0.05, 0) is 19.9 Å². The molecule has 0 aromatic carbocycles. The molecule has 1 saturated carbocycles. The standard InChI is InChI=1S/C14H24N4S/c1-17-6-8-18(9-7-17)5-4-13-16-14(11-2-3-11)12(10-15)19-13/h11H,2-10,15H2,1H3. The molecular formula is C14H24N4S. The SMILES string of the molecule is CN1CCN(CCc2nc(C3CC3)c(CN)s2)CC1. The summed E-state index contributed by atoms with van der Waals surface area (Å²) < 4.78 is 0. The molecule has 2 aliphatic rings. The summed E-state index contributed by atoms with van der Waals surface area (Å²) in [5, 5.41) is 1.29. The van der Waals surface area contributed by atoms with E-state index in [4.69, 9.17) is 10.7 Å². The van der Waals surface area contributed by atoms with E-state index in [1.807, 2.05) is 11.3 Å². The zero-order valence-electron chi connectivity index (χ0n) is 11.8. The van der Waals surface area contributed by atoms with E-state index < -0.39 is 0 Å². The van der Waals surface area contributed by atoms with Crippen LogP contribution in [0, 0.1) is 0 Å². The molecule has 0 unspecified atom stereocenters. The Kier molecular flexibility index (Phi) is 4.17. The van der Waals surface area contributed by atoms with Crippen LogP contribution < -0.4 is 5.73 Å². The molecule has 2 heterocycles. The molecule has 0 spiro atoms. The molecule has 19 heavy (non-hydrogen) atoms. The van der Waals surface area contributed by atoms with Gasteiger partial charge >= 0.3 is 0 Å². The highest BCUT2D eigenvalue weighted by Gasteiger charge is 2.29. The first-order valence-corrected chi connectivity index (χ1v) is 8.17. The van der Waals surface area contributed by atoms with Gasteiger partial charge in [0.1, 0.15) is 0 Å². The Morgan fingerprint density at radius 2 is 2.00 bits per heavy atom. The smallest absolute Gasteiger partial charge is 0.0944 e. The highest BCUT2D eigenvalue weighted by atomic mass is 32.1. The van der Waals surface area contributed by atoms with Gasteiger partial charge in [-0.3, -0.25) is 0 Å². The van der Waals surface area contributed by atoms with Crippen molar-refractivity contribution in [2.45, 2.75) is 31.7 Å². The van der Waals surface area contributed by atoms with Crippen LogP contribution in [0.1, 0.15) is 34.3 Å². The molecule has 0 radical (unpaired) electrons. The second kappa shape index (κ2) is 5.87. The fourth-order valence-electron chi connectivity index (χ4n) is 2.67. The first kappa shape index (κ1) is 13.5. The molecule has 1 aromatic rings. The molecule has 0 bridgehead atoms. The molecule has 3 rings (SSSR count). The van der Waals surface area contributed by atoms with E-state index in [9.17, 15) is 0 Å². The Morgan fingerprint density at radius 3 is 2.63 bits per heavy atom. The van der Waals surface area contributed by atoms with Crippen LogP contribution in [-0.2, 0) is 13.0 Å². The number of likely N-dealkylation sites (N-methyl/N-ethyl adjacent to an activating group) is 1. The third-order valence-corrected chi connectivity index (χ3v) is 5.31. The van der Waals surface area contributed by atoms with Crippen molar-refractivity contribution < 1.29 is 0 Å². The van der Waals surface area contributed by atoms with Crippen molar-refractivity contribution in [2.75, 3.05) is 39.8 Å². The predicted molar refractivity (Wildman–Crippen MR) is 79.6 cm³/mol. The molecule has 0 amide bonds. The Hall–Kier alpha value is -0.490. The first-order chi connectivity index (χ1) is 9.26. The molecule has 1 aliphatic heterocycles. The fraction of sp³-hybridized carbons (Fsp3) is 0.786. The van der Waals surface area contributed by atoms with Crippen molar-refractivity contribution in [1.82, 2.24) is 14.8 Å². The Balaban J connectivity index is 1.55. The first-order valence-electron chi connectivity index (χ1n) is 7.35. The third-order valence-electron chi connectivity index (χ3n) is 4.16. The average Bonchev–Trinajstić information content (AvgIpc) is 3.19. The van der Waals surface area contributed by atoms with Crippen molar-refractivity contribution in [3.8, 4) is 0 Å². The van der Waals surface area contributed by atoms with Crippen LogP contribution in [0.4, 0.5) is 0 Å². The van der Waals surface area contributed by atoms with Crippen molar-refractivity contribution in [1.29, 1.82) is 0 Å². The van der Waals surface area contributed by atoms with Crippen LogP contribution in [0.25, 0.3) is 0 Å². The van der Waals surface area contributed by atoms with Crippen LogP contribution >= 0.6 is 11.3 Å². The number of hydrogen-bond donors (Lipinski definition) is 1. The molecule has 2 fully saturated rings. The molecule has 5 heteroatoms. The summed E-state index contributed by atoms with van der Waals surface area (Å²) in [6.45, 7) is 6.59. The maximum Gasteiger partial charge on any atom is 0.0944 e. The second-order valence-electron chi connectivity index (χ2n) is 5.79. The molecule has 2 N–H and O–H groups in total. The van der Waals surface area contributed by atoms with E-state index in [0.717, 1.165) is 18.9 Å². The molecule has 4 nitrogen and oxygen atoms in total. The lowest BCUT2D eigenvalue weighted by molar-refractivity contribution is 0.155. The normalized spacial score (nSPS) is 22.0. The molecule has 0 atom stereocenters. The monoisotopic (exact) mass is 280 g/mol. The van der Waals surface area contributed by atoms with Crippen molar-refractivity contribution in [2.24, 2.45) is 5.73 Å². The van der Waals surface area contributed by atoms with Crippen LogP contribution in [0.3, 0.4) is 0 Å². The number of nitrogens with zero attached hydrogens (tertiary/aromatic N) is 3. The second-order valence-corrected chi connectivity index (χ2v) is 6.96. The van der Waals surface area contributed by atoms with Crippen LogP contribution in [0.5, 0.6) is 0 Å². The van der Waals surface area contributed by atoms with Gasteiger partial charge in [-0.1, -0.05) is 0 Å². The summed E-state index contributed by atoms with van der Waals surface area (Å²) in [5.41, 5.74) is 7.16. The third kappa shape index (κ3) is 3.34. The lowest BCUT2D eigenvalue weighted by Gasteiger charge is -2.32. The summed E-state index contributed by atoms with van der Waals surface area (Å²) >= 11 is 1.84. The van der Waals surface area contributed by atoms with Gasteiger partial charge in [-0.15, -0.1) is 11.3 Å². The van der Waals surface area contributed by atoms with Gasteiger partial charge < -0.3 is 15.5 Å². The summed E-state index contributed by atoms with van der Waals surface area (Å²) in [7, 11) is 2.20. The average molecular weight is 280 g/mol. The minimum absolute atomic E-state index is 0.665. The highest BCUT2D eigenvalue weighted by Crippen LogP contribution is 2.42. The Morgan fingerprint density at radius 1 is 1.26 bits per heavy atom. The van der Waals surface area contributed by atoms with Crippen molar-refractivity contribution in [3.05, 3.63) is 15.6 Å². The Bertz CT molecular complexity index is 419. The zero-order chi connectivity index (χ0) is 13.2. The van der Waals surface area contributed by atoms with Crippen LogP contribution in [0.15, 0.2) is 0 Å². The largest absolute Gasteiger partial charge is 0.326 e.